The minimum Gasteiger partial charge on any atom is -0.444 e. The number of ether oxygens (including phenoxy) is 1. The average Bonchev–Trinajstić information content (AvgIpc) is 3.10. The van der Waals surface area contributed by atoms with Gasteiger partial charge < -0.3 is 25.6 Å². The van der Waals surface area contributed by atoms with Gasteiger partial charge in [-0.1, -0.05) is 0 Å². The van der Waals surface area contributed by atoms with Crippen molar-refractivity contribution < 1.29 is 9.53 Å². The normalized spacial score (nSPS) is 27.6. The van der Waals surface area contributed by atoms with E-state index < -0.39 is 5.60 Å². The zero-order chi connectivity index (χ0) is 20.6. The van der Waals surface area contributed by atoms with E-state index in [4.69, 9.17) is 10.5 Å². The topological polar surface area (TPSA) is 74.1 Å². The number of fused-ring (bicyclic) bond motifs is 1. The molecule has 2 aliphatic heterocycles. The van der Waals surface area contributed by atoms with Crippen molar-refractivity contribution in [2.24, 2.45) is 11.8 Å². The largest absolute Gasteiger partial charge is 0.444 e. The summed E-state index contributed by atoms with van der Waals surface area (Å²) in [5, 5.41) is 3.05. The van der Waals surface area contributed by atoms with Gasteiger partial charge in [-0.2, -0.15) is 0 Å². The molecule has 2 heterocycles. The van der Waals surface area contributed by atoms with Crippen molar-refractivity contribution >= 4 is 17.5 Å². The maximum atomic E-state index is 11.9. The fourth-order valence-electron chi connectivity index (χ4n) is 4.65. The molecule has 1 aliphatic carbocycles. The van der Waals surface area contributed by atoms with Crippen LogP contribution < -0.4 is 16.0 Å². The van der Waals surface area contributed by atoms with Crippen LogP contribution >= 0.6 is 0 Å². The number of nitrogen functional groups attached to an aromatic ring is 1. The van der Waals surface area contributed by atoms with Crippen LogP contribution in [0.1, 0.15) is 20.8 Å². The van der Waals surface area contributed by atoms with Gasteiger partial charge in [0.1, 0.15) is 5.60 Å². The summed E-state index contributed by atoms with van der Waals surface area (Å²) in [6, 6.07) is 8.49. The van der Waals surface area contributed by atoms with Gasteiger partial charge in [0.05, 0.1) is 0 Å². The first kappa shape index (κ1) is 20.3. The number of carbonyl (C=O) groups excluding carboxylic acids is 1. The molecule has 3 fully saturated rings. The maximum absolute atomic E-state index is 11.9. The van der Waals surface area contributed by atoms with Crippen molar-refractivity contribution in [1.29, 1.82) is 0 Å². The number of alkyl carbamates (subject to hydrolysis) is 1. The lowest BCUT2D eigenvalue weighted by atomic mass is 10.2. The Balaban J connectivity index is 1.12. The second-order valence-electron chi connectivity index (χ2n) is 9.68. The van der Waals surface area contributed by atoms with Gasteiger partial charge in [-0.15, -0.1) is 0 Å². The Kier molecular flexibility index (Phi) is 5.62. The molecule has 2 atom stereocenters. The van der Waals surface area contributed by atoms with Gasteiger partial charge in [-0.05, 0) is 56.9 Å². The molecule has 3 N–H and O–H groups in total. The number of hydrogen-bond acceptors (Lipinski definition) is 6. The Bertz CT molecular complexity index is 697. The number of carbonyl (C=O) groups is 1. The molecule has 4 rings (SSSR count). The third-order valence-electron chi connectivity index (χ3n) is 6.32. The molecule has 1 saturated carbocycles. The van der Waals surface area contributed by atoms with Crippen molar-refractivity contribution in [2.45, 2.75) is 32.4 Å². The van der Waals surface area contributed by atoms with E-state index in [1.165, 1.54) is 5.69 Å². The number of piperazine rings is 1. The van der Waals surface area contributed by atoms with Gasteiger partial charge >= 0.3 is 6.09 Å². The molecule has 3 aliphatic rings. The Labute approximate surface area is 174 Å². The quantitative estimate of drug-likeness (QED) is 0.734. The fraction of sp³-hybridized carbons (Fsp3) is 0.682. The lowest BCUT2D eigenvalue weighted by Gasteiger charge is -2.37. The van der Waals surface area contributed by atoms with Gasteiger partial charge in [0, 0.05) is 69.8 Å². The Hall–Kier alpha value is -1.99. The molecule has 0 aromatic heterocycles. The molecule has 29 heavy (non-hydrogen) atoms. The van der Waals surface area contributed by atoms with E-state index >= 15 is 0 Å². The molecule has 0 spiro atoms. The summed E-state index contributed by atoms with van der Waals surface area (Å²) in [6.45, 7) is 14.5. The summed E-state index contributed by atoms with van der Waals surface area (Å²) in [6.07, 6.45) is -0.276. The van der Waals surface area contributed by atoms with E-state index in [0.29, 0.717) is 17.9 Å². The number of nitrogens with one attached hydrogen (secondary N) is 1. The minimum atomic E-state index is -0.433. The fourth-order valence-corrected chi connectivity index (χ4v) is 4.65. The second-order valence-corrected chi connectivity index (χ2v) is 9.68. The highest BCUT2D eigenvalue weighted by molar-refractivity contribution is 5.68. The van der Waals surface area contributed by atoms with Crippen molar-refractivity contribution in [1.82, 2.24) is 15.1 Å². The van der Waals surface area contributed by atoms with Gasteiger partial charge in [-0.25, -0.2) is 4.79 Å². The number of nitrogens with two attached hydrogens (primary N) is 1. The molecule has 7 heteroatoms. The smallest absolute Gasteiger partial charge is 0.407 e. The van der Waals surface area contributed by atoms with Crippen LogP contribution in [0.4, 0.5) is 16.2 Å². The Morgan fingerprint density at radius 1 is 1.03 bits per heavy atom. The Morgan fingerprint density at radius 3 is 2.21 bits per heavy atom. The van der Waals surface area contributed by atoms with Gasteiger partial charge in [0.15, 0.2) is 0 Å². The minimum absolute atomic E-state index is 0.276. The first-order valence-corrected chi connectivity index (χ1v) is 10.8. The molecule has 1 aromatic rings. The summed E-state index contributed by atoms with van der Waals surface area (Å²) in [7, 11) is 0. The summed E-state index contributed by atoms with van der Waals surface area (Å²) in [5.41, 5.74) is 7.44. The number of likely N-dealkylation sites (tertiary alicyclic amines) is 1. The van der Waals surface area contributed by atoms with E-state index in [0.717, 1.165) is 58.0 Å². The van der Waals surface area contributed by atoms with Crippen LogP contribution in [0.25, 0.3) is 0 Å². The highest BCUT2D eigenvalue weighted by Gasteiger charge is 2.56. The standard InChI is InChI=1S/C22H35N5O2/c1-22(2,3)29-21(28)24-20-18-14-26(15-19(18)20)9-8-25-10-12-27(13-11-25)17-6-4-16(23)5-7-17/h4-7,18-20H,8-15,23H2,1-3H3,(H,24,28). The predicted octanol–water partition coefficient (Wildman–Crippen LogP) is 1.85. The molecule has 0 radical (unpaired) electrons. The van der Waals surface area contributed by atoms with Gasteiger partial charge in [-0.3, -0.25) is 4.90 Å². The van der Waals surface area contributed by atoms with E-state index in [9.17, 15) is 4.79 Å². The van der Waals surface area contributed by atoms with E-state index in [-0.39, 0.29) is 6.09 Å². The lowest BCUT2D eigenvalue weighted by Crippen LogP contribution is -2.48. The third kappa shape index (κ3) is 5.14. The number of nitrogens with zero attached hydrogens (tertiary/aromatic N) is 3. The number of piperidine rings is 1. The van der Waals surface area contributed by atoms with Crippen molar-refractivity contribution in [3.05, 3.63) is 24.3 Å². The number of benzene rings is 1. The van der Waals surface area contributed by atoms with Crippen molar-refractivity contribution in [2.75, 3.05) is 63.0 Å². The van der Waals surface area contributed by atoms with E-state index in [1.54, 1.807) is 0 Å². The number of anilines is 2. The zero-order valence-electron chi connectivity index (χ0n) is 17.9. The molecular weight excluding hydrogens is 366 g/mol. The first-order valence-electron chi connectivity index (χ1n) is 10.8. The third-order valence-corrected chi connectivity index (χ3v) is 6.32. The highest BCUT2D eigenvalue weighted by atomic mass is 16.6. The monoisotopic (exact) mass is 401 g/mol. The van der Waals surface area contributed by atoms with Crippen LogP contribution in [0, 0.1) is 11.8 Å². The zero-order valence-corrected chi connectivity index (χ0v) is 17.9. The molecule has 2 unspecified atom stereocenters. The summed E-state index contributed by atoms with van der Waals surface area (Å²) < 4.78 is 5.37. The molecule has 1 amide bonds. The first-order chi connectivity index (χ1) is 13.8. The number of amides is 1. The molecule has 2 saturated heterocycles. The average molecular weight is 402 g/mol. The summed E-state index contributed by atoms with van der Waals surface area (Å²) in [4.78, 5) is 19.5. The molecule has 0 bridgehead atoms. The van der Waals surface area contributed by atoms with E-state index in [2.05, 4.69) is 32.1 Å². The number of rotatable bonds is 5. The van der Waals surface area contributed by atoms with Crippen LogP contribution in [0.5, 0.6) is 0 Å². The number of hydrogen-bond donors (Lipinski definition) is 2. The highest BCUT2D eigenvalue weighted by Crippen LogP contribution is 2.45. The molecule has 160 valence electrons. The van der Waals surface area contributed by atoms with Crippen molar-refractivity contribution in [3.8, 4) is 0 Å². The van der Waals surface area contributed by atoms with Crippen LogP contribution in [0.2, 0.25) is 0 Å². The Morgan fingerprint density at radius 2 is 1.62 bits per heavy atom. The second kappa shape index (κ2) is 8.03. The van der Waals surface area contributed by atoms with Crippen LogP contribution in [-0.2, 0) is 4.74 Å². The maximum Gasteiger partial charge on any atom is 0.407 e. The summed E-state index contributed by atoms with van der Waals surface area (Å²) in [5.74, 6) is 1.20. The summed E-state index contributed by atoms with van der Waals surface area (Å²) >= 11 is 0. The van der Waals surface area contributed by atoms with Crippen molar-refractivity contribution in [3.63, 3.8) is 0 Å². The van der Waals surface area contributed by atoms with Gasteiger partial charge in [0.2, 0.25) is 0 Å². The molecule has 7 nitrogen and oxygen atoms in total. The van der Waals surface area contributed by atoms with E-state index in [1.807, 2.05) is 32.9 Å². The van der Waals surface area contributed by atoms with Crippen LogP contribution in [0.15, 0.2) is 24.3 Å². The van der Waals surface area contributed by atoms with Crippen LogP contribution in [0.3, 0.4) is 0 Å². The van der Waals surface area contributed by atoms with Gasteiger partial charge in [0.25, 0.3) is 0 Å². The predicted molar refractivity (Wildman–Crippen MR) is 116 cm³/mol. The lowest BCUT2D eigenvalue weighted by molar-refractivity contribution is 0.0513. The SMILES string of the molecule is CC(C)(C)OC(=O)NC1C2CN(CCN3CCN(c4ccc(N)cc4)CC3)CC21. The molecular formula is C22H35N5O2. The van der Waals surface area contributed by atoms with Crippen LogP contribution in [-0.4, -0.2) is 79.9 Å². The molecule has 1 aromatic carbocycles.